The van der Waals surface area contributed by atoms with Crippen LogP contribution in [0, 0.1) is 0 Å². The van der Waals surface area contributed by atoms with Crippen LogP contribution in [0.4, 0.5) is 0 Å². The zero-order valence-electron chi connectivity index (χ0n) is 5.55. The van der Waals surface area contributed by atoms with Crippen LogP contribution < -0.4 is 11.1 Å². The van der Waals surface area contributed by atoms with Gasteiger partial charge in [-0.3, -0.25) is 4.79 Å². The molecule has 0 aromatic heterocycles. The number of hydrogen-bond acceptors (Lipinski definition) is 2. The van der Waals surface area contributed by atoms with Gasteiger partial charge in [0.05, 0.1) is 6.04 Å². The van der Waals surface area contributed by atoms with Crippen LogP contribution in [0.15, 0.2) is 0 Å². The van der Waals surface area contributed by atoms with E-state index in [1.54, 1.807) is 0 Å². The molecule has 0 bridgehead atoms. The van der Waals surface area contributed by atoms with E-state index in [1.165, 1.54) is 0 Å². The Morgan fingerprint density at radius 3 is 2.78 bits per heavy atom. The number of rotatable bonds is 0. The molecule has 52 valence electrons. The van der Waals surface area contributed by atoms with Crippen LogP contribution in [-0.2, 0) is 4.79 Å². The summed E-state index contributed by atoms with van der Waals surface area (Å²) in [4.78, 5) is 10.8. The molecule has 3 N–H and O–H groups in total. The summed E-state index contributed by atoms with van der Waals surface area (Å²) in [5.41, 5.74) is 5.43. The van der Waals surface area contributed by atoms with Gasteiger partial charge in [-0.25, -0.2) is 0 Å². The van der Waals surface area contributed by atoms with Crippen LogP contribution in [0.25, 0.3) is 0 Å². The smallest absolute Gasteiger partial charge is 0.237 e. The van der Waals surface area contributed by atoms with Gasteiger partial charge in [0.15, 0.2) is 0 Å². The summed E-state index contributed by atoms with van der Waals surface area (Å²) in [6, 6.07) is 0.0542. The molecule has 1 amide bonds. The Morgan fingerprint density at radius 1 is 1.67 bits per heavy atom. The van der Waals surface area contributed by atoms with Crippen LogP contribution in [-0.4, -0.2) is 18.0 Å². The number of carbonyl (C=O) groups excluding carboxylic acids is 1. The lowest BCUT2D eigenvalue weighted by atomic mass is 10.0. The van der Waals surface area contributed by atoms with Gasteiger partial charge in [-0.15, -0.1) is 0 Å². The van der Waals surface area contributed by atoms with Gasteiger partial charge in [-0.05, 0) is 19.8 Å². The normalized spacial score (nSPS) is 36.0. The number of nitrogens with two attached hydrogens (primary N) is 1. The van der Waals surface area contributed by atoms with Crippen molar-refractivity contribution >= 4 is 5.91 Å². The lowest BCUT2D eigenvalue weighted by Gasteiger charge is -2.23. The summed E-state index contributed by atoms with van der Waals surface area (Å²) in [6.45, 7) is 1.99. The minimum Gasteiger partial charge on any atom is -0.352 e. The van der Waals surface area contributed by atoms with Crippen molar-refractivity contribution in [2.24, 2.45) is 5.73 Å². The number of piperidine rings is 1. The van der Waals surface area contributed by atoms with Crippen molar-refractivity contribution in [3.05, 3.63) is 0 Å². The second-order valence-corrected chi connectivity index (χ2v) is 2.59. The molecule has 0 unspecified atom stereocenters. The van der Waals surface area contributed by atoms with E-state index in [0.29, 0.717) is 6.04 Å². The van der Waals surface area contributed by atoms with Gasteiger partial charge in [-0.1, -0.05) is 0 Å². The lowest BCUT2D eigenvalue weighted by Crippen LogP contribution is -2.49. The van der Waals surface area contributed by atoms with E-state index in [9.17, 15) is 4.79 Å². The van der Waals surface area contributed by atoms with Gasteiger partial charge in [0.2, 0.25) is 5.91 Å². The molecule has 0 aliphatic carbocycles. The molecule has 2 atom stereocenters. The Kier molecular flexibility index (Phi) is 1.71. The second kappa shape index (κ2) is 2.35. The third kappa shape index (κ3) is 1.42. The van der Waals surface area contributed by atoms with Crippen molar-refractivity contribution in [2.45, 2.75) is 31.8 Å². The second-order valence-electron chi connectivity index (χ2n) is 2.59. The third-order valence-corrected chi connectivity index (χ3v) is 1.64. The summed E-state index contributed by atoms with van der Waals surface area (Å²) in [7, 11) is 0. The fourth-order valence-electron chi connectivity index (χ4n) is 0.983. The standard InChI is InChI=1S/C6H12N2O/c1-4-2-3-5(7)6(9)8-4/h4-5H,2-3,7H2,1H3,(H,8,9)/t4-,5-/m1/s1. The highest BCUT2D eigenvalue weighted by Gasteiger charge is 2.21. The Balaban J connectivity index is 2.44. The molecular weight excluding hydrogens is 116 g/mol. The first-order valence-corrected chi connectivity index (χ1v) is 3.26. The SMILES string of the molecule is C[C@@H]1CC[C@@H](N)C(=O)N1. The van der Waals surface area contributed by atoms with E-state index in [4.69, 9.17) is 5.73 Å². The molecule has 1 saturated heterocycles. The molecule has 0 saturated carbocycles. The van der Waals surface area contributed by atoms with Crippen LogP contribution in [0.5, 0.6) is 0 Å². The van der Waals surface area contributed by atoms with Crippen molar-refractivity contribution in [3.8, 4) is 0 Å². The van der Waals surface area contributed by atoms with Crippen LogP contribution in [0.3, 0.4) is 0 Å². The first-order valence-electron chi connectivity index (χ1n) is 3.26. The molecule has 9 heavy (non-hydrogen) atoms. The highest BCUT2D eigenvalue weighted by Crippen LogP contribution is 2.05. The highest BCUT2D eigenvalue weighted by atomic mass is 16.2. The van der Waals surface area contributed by atoms with Crippen molar-refractivity contribution in [1.29, 1.82) is 0 Å². The lowest BCUT2D eigenvalue weighted by molar-refractivity contribution is -0.124. The van der Waals surface area contributed by atoms with Crippen LogP contribution in [0.1, 0.15) is 19.8 Å². The predicted molar refractivity (Wildman–Crippen MR) is 34.8 cm³/mol. The average Bonchev–Trinajstić information content (AvgIpc) is 1.80. The molecule has 3 nitrogen and oxygen atoms in total. The van der Waals surface area contributed by atoms with Crippen molar-refractivity contribution < 1.29 is 4.79 Å². The van der Waals surface area contributed by atoms with Gasteiger partial charge in [0.1, 0.15) is 0 Å². The molecule has 0 radical (unpaired) electrons. The molecule has 0 aromatic rings. The highest BCUT2D eigenvalue weighted by molar-refractivity contribution is 5.82. The van der Waals surface area contributed by atoms with E-state index < -0.39 is 0 Å². The number of hydrogen-bond donors (Lipinski definition) is 2. The molecular formula is C6H12N2O. The van der Waals surface area contributed by atoms with E-state index in [2.05, 4.69) is 5.32 Å². The van der Waals surface area contributed by atoms with Gasteiger partial charge in [0, 0.05) is 6.04 Å². The maximum Gasteiger partial charge on any atom is 0.237 e. The Labute approximate surface area is 54.6 Å². The largest absolute Gasteiger partial charge is 0.352 e. The van der Waals surface area contributed by atoms with Crippen molar-refractivity contribution in [2.75, 3.05) is 0 Å². The minimum absolute atomic E-state index is 0.00579. The van der Waals surface area contributed by atoms with E-state index >= 15 is 0 Å². The van der Waals surface area contributed by atoms with Crippen molar-refractivity contribution in [1.82, 2.24) is 5.32 Å². The van der Waals surface area contributed by atoms with Gasteiger partial charge in [0.25, 0.3) is 0 Å². The van der Waals surface area contributed by atoms with Gasteiger partial charge in [-0.2, -0.15) is 0 Å². The first kappa shape index (κ1) is 6.55. The monoisotopic (exact) mass is 128 g/mol. The number of amides is 1. The molecule has 1 aliphatic heterocycles. The summed E-state index contributed by atoms with van der Waals surface area (Å²) < 4.78 is 0. The van der Waals surface area contributed by atoms with E-state index in [-0.39, 0.29) is 11.9 Å². The third-order valence-electron chi connectivity index (χ3n) is 1.64. The maximum atomic E-state index is 10.8. The van der Waals surface area contributed by atoms with E-state index in [0.717, 1.165) is 12.8 Å². The van der Waals surface area contributed by atoms with Crippen LogP contribution in [0.2, 0.25) is 0 Å². The van der Waals surface area contributed by atoms with Crippen LogP contribution >= 0.6 is 0 Å². The molecule has 1 rings (SSSR count). The topological polar surface area (TPSA) is 55.1 Å². The zero-order valence-corrected chi connectivity index (χ0v) is 5.55. The molecule has 1 aliphatic rings. The molecule has 1 heterocycles. The average molecular weight is 128 g/mol. The summed E-state index contributed by atoms with van der Waals surface area (Å²) in [5, 5.41) is 2.77. The van der Waals surface area contributed by atoms with Gasteiger partial charge >= 0.3 is 0 Å². The summed E-state index contributed by atoms with van der Waals surface area (Å²) >= 11 is 0. The first-order chi connectivity index (χ1) is 4.20. The summed E-state index contributed by atoms with van der Waals surface area (Å²) in [5.74, 6) is -0.00579. The molecule has 1 fully saturated rings. The Hall–Kier alpha value is -0.570. The predicted octanol–water partition coefficient (Wildman–Crippen LogP) is -0.388. The number of carbonyl (C=O) groups is 1. The maximum absolute atomic E-state index is 10.8. The summed E-state index contributed by atoms with van der Waals surface area (Å²) in [6.07, 6.45) is 1.83. The Morgan fingerprint density at radius 2 is 2.33 bits per heavy atom. The molecule has 0 aromatic carbocycles. The van der Waals surface area contributed by atoms with Crippen molar-refractivity contribution in [3.63, 3.8) is 0 Å². The fraction of sp³-hybridized carbons (Fsp3) is 0.833. The van der Waals surface area contributed by atoms with Gasteiger partial charge < -0.3 is 11.1 Å². The number of nitrogens with one attached hydrogen (secondary N) is 1. The minimum atomic E-state index is -0.263. The zero-order chi connectivity index (χ0) is 6.85. The Bertz CT molecular complexity index is 124. The quantitative estimate of drug-likeness (QED) is 0.467. The van der Waals surface area contributed by atoms with E-state index in [1.807, 2.05) is 6.92 Å². The molecule has 3 heteroatoms. The molecule has 0 spiro atoms. The fourth-order valence-corrected chi connectivity index (χ4v) is 0.983.